The van der Waals surface area contributed by atoms with Crippen molar-refractivity contribution in [3.05, 3.63) is 81.9 Å². The van der Waals surface area contributed by atoms with Gasteiger partial charge in [0.2, 0.25) is 5.78 Å². The number of ketones is 1. The predicted octanol–water partition coefficient (Wildman–Crippen LogP) is 5.00. The number of methoxy groups -OCH3 is 1. The number of hydrogen-bond acceptors (Lipinski definition) is 6. The topological polar surface area (TPSA) is 88.0 Å². The van der Waals surface area contributed by atoms with Gasteiger partial charge in [0.1, 0.15) is 29.7 Å². The van der Waals surface area contributed by atoms with Gasteiger partial charge in [-0.1, -0.05) is 12.1 Å². The Morgan fingerprint density at radius 3 is 2.73 bits per heavy atom. The van der Waals surface area contributed by atoms with E-state index in [1.807, 2.05) is 23.6 Å². The summed E-state index contributed by atoms with van der Waals surface area (Å²) in [6.45, 7) is 0.393. The van der Waals surface area contributed by atoms with Crippen LogP contribution in [0, 0.1) is 11.3 Å². The Balaban J connectivity index is 1.54. The molecule has 1 N–H and O–H groups in total. The zero-order valence-electron chi connectivity index (χ0n) is 16.1. The lowest BCUT2D eigenvalue weighted by Gasteiger charge is -2.05. The summed E-state index contributed by atoms with van der Waals surface area (Å²) in [5.41, 5.74) is 4.65. The number of aromatic amines is 1. The van der Waals surface area contributed by atoms with Crippen molar-refractivity contribution < 1.29 is 14.3 Å². The number of nitrogens with one attached hydrogen (secondary N) is 1. The summed E-state index contributed by atoms with van der Waals surface area (Å²) < 4.78 is 10.9. The molecule has 0 radical (unpaired) electrons. The van der Waals surface area contributed by atoms with Gasteiger partial charge in [-0.05, 0) is 42.0 Å². The molecule has 7 heteroatoms. The standard InChI is InChI=1S/C23H17N3O3S/c1-28-19-6-7-22-20(9-19)21(11-25-22)23(27)16(10-24)8-15-2-4-18(5-3-15)29-12-17-13-30-14-26-17/h2-9,11,13-14,25H,12H2,1H3/b16-8+. The third-order valence-corrected chi connectivity index (χ3v) is 5.20. The average Bonchev–Trinajstić information content (AvgIpc) is 3.45. The lowest BCUT2D eigenvalue weighted by molar-refractivity contribution is 0.104. The fourth-order valence-corrected chi connectivity index (χ4v) is 3.54. The van der Waals surface area contributed by atoms with Gasteiger partial charge in [0.25, 0.3) is 0 Å². The molecule has 0 saturated heterocycles. The minimum atomic E-state index is -0.346. The molecule has 0 spiro atoms. The number of Topliss-reactive ketones (excluding diaryl/α,β-unsaturated/α-hetero) is 1. The highest BCUT2D eigenvalue weighted by molar-refractivity contribution is 7.07. The van der Waals surface area contributed by atoms with E-state index in [1.165, 1.54) is 11.3 Å². The molecule has 0 atom stereocenters. The number of thiazole rings is 1. The summed E-state index contributed by atoms with van der Waals surface area (Å²) in [6, 6.07) is 14.7. The van der Waals surface area contributed by atoms with Crippen molar-refractivity contribution in [3.63, 3.8) is 0 Å². The lowest BCUT2D eigenvalue weighted by atomic mass is 10.0. The normalized spacial score (nSPS) is 11.3. The monoisotopic (exact) mass is 415 g/mol. The van der Waals surface area contributed by atoms with E-state index >= 15 is 0 Å². The van der Waals surface area contributed by atoms with Crippen molar-refractivity contribution in [2.45, 2.75) is 6.61 Å². The fourth-order valence-electron chi connectivity index (χ4n) is 3.00. The van der Waals surface area contributed by atoms with E-state index in [-0.39, 0.29) is 11.4 Å². The molecule has 0 unspecified atom stereocenters. The SMILES string of the molecule is COc1ccc2[nH]cc(C(=O)/C(C#N)=C/c3ccc(OCc4cscn4)cc3)c2c1. The quantitative estimate of drug-likeness (QED) is 0.261. The summed E-state index contributed by atoms with van der Waals surface area (Å²) in [4.78, 5) is 20.2. The number of allylic oxidation sites excluding steroid dienone is 1. The number of H-pyrrole nitrogens is 1. The van der Waals surface area contributed by atoms with Gasteiger partial charge >= 0.3 is 0 Å². The number of ether oxygens (including phenoxy) is 2. The van der Waals surface area contributed by atoms with Gasteiger partial charge in [0, 0.05) is 28.0 Å². The molecule has 0 saturated carbocycles. The van der Waals surface area contributed by atoms with Crippen LogP contribution in [0.2, 0.25) is 0 Å². The molecule has 2 aromatic carbocycles. The minimum absolute atomic E-state index is 0.0508. The van der Waals surface area contributed by atoms with Crippen molar-refractivity contribution in [1.29, 1.82) is 5.26 Å². The number of nitrogens with zero attached hydrogens (tertiary/aromatic N) is 2. The molecule has 4 rings (SSSR count). The Bertz CT molecular complexity index is 1250. The van der Waals surface area contributed by atoms with Crippen LogP contribution in [-0.2, 0) is 6.61 Å². The molecule has 2 aromatic heterocycles. The Morgan fingerprint density at radius 2 is 2.03 bits per heavy atom. The third-order valence-electron chi connectivity index (χ3n) is 4.56. The molecular formula is C23H17N3O3S. The number of rotatable bonds is 7. The predicted molar refractivity (Wildman–Crippen MR) is 116 cm³/mol. The second-order valence-electron chi connectivity index (χ2n) is 6.45. The first-order valence-corrected chi connectivity index (χ1v) is 10.0. The number of fused-ring (bicyclic) bond motifs is 1. The Morgan fingerprint density at radius 1 is 1.23 bits per heavy atom. The number of nitriles is 1. The van der Waals surface area contributed by atoms with Gasteiger partial charge in [-0.25, -0.2) is 4.98 Å². The van der Waals surface area contributed by atoms with E-state index in [9.17, 15) is 10.1 Å². The zero-order chi connectivity index (χ0) is 20.9. The third kappa shape index (κ3) is 4.09. The fraction of sp³-hybridized carbons (Fsp3) is 0.0870. The summed E-state index contributed by atoms with van der Waals surface area (Å²) in [5, 5.41) is 12.2. The van der Waals surface area contributed by atoms with Gasteiger partial charge in [-0.15, -0.1) is 11.3 Å². The van der Waals surface area contributed by atoms with Crippen molar-refractivity contribution in [1.82, 2.24) is 9.97 Å². The first-order chi connectivity index (χ1) is 14.7. The summed E-state index contributed by atoms with van der Waals surface area (Å²) in [7, 11) is 1.57. The van der Waals surface area contributed by atoms with Crippen LogP contribution < -0.4 is 9.47 Å². The summed E-state index contributed by atoms with van der Waals surface area (Å²) in [6.07, 6.45) is 3.19. The second-order valence-corrected chi connectivity index (χ2v) is 7.17. The minimum Gasteiger partial charge on any atom is -0.497 e. The van der Waals surface area contributed by atoms with Gasteiger partial charge in [0.15, 0.2) is 0 Å². The van der Waals surface area contributed by atoms with Crippen molar-refractivity contribution >= 4 is 34.1 Å². The van der Waals surface area contributed by atoms with Crippen LogP contribution in [0.15, 0.2) is 65.1 Å². The summed E-state index contributed by atoms with van der Waals surface area (Å²) in [5.74, 6) is 0.987. The highest BCUT2D eigenvalue weighted by atomic mass is 32.1. The molecular weight excluding hydrogens is 398 g/mol. The molecule has 0 aliphatic carbocycles. The molecule has 0 aliphatic rings. The van der Waals surface area contributed by atoms with Crippen LogP contribution in [0.25, 0.3) is 17.0 Å². The van der Waals surface area contributed by atoms with Crippen LogP contribution in [0.3, 0.4) is 0 Å². The average molecular weight is 415 g/mol. The Hall–Kier alpha value is -3.89. The molecule has 0 amide bonds. The number of aromatic nitrogens is 2. The Labute approximate surface area is 177 Å². The molecule has 30 heavy (non-hydrogen) atoms. The molecule has 6 nitrogen and oxygen atoms in total. The van der Waals surface area contributed by atoms with Gasteiger partial charge in [-0.2, -0.15) is 5.26 Å². The van der Waals surface area contributed by atoms with Crippen LogP contribution in [-0.4, -0.2) is 22.9 Å². The second kappa shape index (κ2) is 8.64. The van der Waals surface area contributed by atoms with Gasteiger partial charge in [0.05, 0.1) is 18.3 Å². The van der Waals surface area contributed by atoms with Gasteiger partial charge in [-0.3, -0.25) is 4.79 Å². The van der Waals surface area contributed by atoms with E-state index in [0.717, 1.165) is 16.8 Å². The highest BCUT2D eigenvalue weighted by Gasteiger charge is 2.17. The van der Waals surface area contributed by atoms with Gasteiger partial charge < -0.3 is 14.5 Å². The maximum absolute atomic E-state index is 13.0. The molecule has 0 fully saturated rings. The zero-order valence-corrected chi connectivity index (χ0v) is 16.9. The van der Waals surface area contributed by atoms with Crippen LogP contribution in [0.4, 0.5) is 0 Å². The van der Waals surface area contributed by atoms with E-state index in [4.69, 9.17) is 9.47 Å². The molecule has 0 aliphatic heterocycles. The molecule has 0 bridgehead atoms. The number of carbonyl (C=O) groups excluding carboxylic acids is 1. The van der Waals surface area contributed by atoms with Crippen molar-refractivity contribution in [2.75, 3.05) is 7.11 Å². The first kappa shape index (κ1) is 19.4. The van der Waals surface area contributed by atoms with E-state index in [0.29, 0.717) is 29.1 Å². The first-order valence-electron chi connectivity index (χ1n) is 9.09. The van der Waals surface area contributed by atoms with Crippen LogP contribution >= 0.6 is 11.3 Å². The van der Waals surface area contributed by atoms with Crippen molar-refractivity contribution in [3.8, 4) is 17.6 Å². The Kier molecular flexibility index (Phi) is 5.59. The van der Waals surface area contributed by atoms with Crippen LogP contribution in [0.1, 0.15) is 21.6 Å². The van der Waals surface area contributed by atoms with E-state index in [2.05, 4.69) is 9.97 Å². The molecule has 148 valence electrons. The molecule has 4 aromatic rings. The van der Waals surface area contributed by atoms with Crippen molar-refractivity contribution in [2.24, 2.45) is 0 Å². The molecule has 2 heterocycles. The number of hydrogen-bond donors (Lipinski definition) is 1. The van der Waals surface area contributed by atoms with Crippen LogP contribution in [0.5, 0.6) is 11.5 Å². The smallest absolute Gasteiger partial charge is 0.205 e. The van der Waals surface area contributed by atoms with E-state index < -0.39 is 0 Å². The lowest BCUT2D eigenvalue weighted by Crippen LogP contribution is -2.01. The maximum atomic E-state index is 13.0. The maximum Gasteiger partial charge on any atom is 0.205 e. The number of carbonyl (C=O) groups is 1. The largest absolute Gasteiger partial charge is 0.497 e. The number of benzene rings is 2. The highest BCUT2D eigenvalue weighted by Crippen LogP contribution is 2.26. The van der Waals surface area contributed by atoms with E-state index in [1.54, 1.807) is 55.2 Å². The summed E-state index contributed by atoms with van der Waals surface area (Å²) >= 11 is 1.52.